The van der Waals surface area contributed by atoms with Gasteiger partial charge in [0.25, 0.3) is 0 Å². The van der Waals surface area contributed by atoms with Gasteiger partial charge in [-0.05, 0) is 69.1 Å². The molecule has 3 aromatic carbocycles. The Morgan fingerprint density at radius 1 is 0.697 bits per heavy atom. The third-order valence-corrected chi connectivity index (χ3v) is 12.9. The molecule has 33 heavy (non-hydrogen) atoms. The molecule has 1 heteroatoms. The van der Waals surface area contributed by atoms with Crippen molar-refractivity contribution in [1.82, 2.24) is 0 Å². The van der Waals surface area contributed by atoms with E-state index in [0.717, 1.165) is 0 Å². The number of allylic oxidation sites excluding steroid dienone is 3. The molecule has 0 saturated heterocycles. The van der Waals surface area contributed by atoms with Gasteiger partial charge in [-0.1, -0.05) is 125 Å². The molecule has 1 aliphatic heterocycles. The van der Waals surface area contributed by atoms with Crippen LogP contribution >= 0.6 is 0 Å². The van der Waals surface area contributed by atoms with Crippen molar-refractivity contribution in [2.45, 2.75) is 67.7 Å². The normalized spacial score (nSPS) is 16.0. The Morgan fingerprint density at radius 2 is 1.18 bits per heavy atom. The second-order valence-electron chi connectivity index (χ2n) is 10.1. The molecule has 0 amide bonds. The van der Waals surface area contributed by atoms with Crippen LogP contribution in [0.4, 0.5) is 0 Å². The Labute approximate surface area is 202 Å². The molecule has 0 spiro atoms. The zero-order valence-electron chi connectivity index (χ0n) is 21.5. The highest BCUT2D eigenvalue weighted by Gasteiger charge is 2.52. The van der Waals surface area contributed by atoms with Crippen molar-refractivity contribution in [3.63, 3.8) is 0 Å². The quantitative estimate of drug-likeness (QED) is 0.343. The largest absolute Gasteiger partial charge is 0.176 e. The van der Waals surface area contributed by atoms with Crippen LogP contribution in [0.25, 0.3) is 6.08 Å². The van der Waals surface area contributed by atoms with E-state index < -0.39 is 8.07 Å². The van der Waals surface area contributed by atoms with E-state index in [1.165, 1.54) is 58.2 Å². The first-order chi connectivity index (χ1) is 15.8. The Kier molecular flexibility index (Phi) is 6.63. The van der Waals surface area contributed by atoms with Gasteiger partial charge in [0, 0.05) is 0 Å². The molecule has 0 N–H and O–H groups in total. The molecule has 1 aliphatic rings. The van der Waals surface area contributed by atoms with Gasteiger partial charge in [0.05, 0.1) is 0 Å². The first-order valence-corrected chi connectivity index (χ1v) is 14.4. The summed E-state index contributed by atoms with van der Waals surface area (Å²) in [6.45, 7) is 16.2. The van der Waals surface area contributed by atoms with Gasteiger partial charge in [0.15, 0.2) is 8.07 Å². The summed E-state index contributed by atoms with van der Waals surface area (Å²) >= 11 is 0. The van der Waals surface area contributed by atoms with Crippen LogP contribution in [0, 0.1) is 41.5 Å². The van der Waals surface area contributed by atoms with Crippen LogP contribution in [0.1, 0.15) is 65.1 Å². The first kappa shape index (κ1) is 23.5. The Hall–Kier alpha value is -2.64. The first-order valence-electron chi connectivity index (χ1n) is 12.4. The van der Waals surface area contributed by atoms with Gasteiger partial charge < -0.3 is 0 Å². The predicted molar refractivity (Wildman–Crippen MR) is 148 cm³/mol. The van der Waals surface area contributed by atoms with E-state index >= 15 is 0 Å². The van der Waals surface area contributed by atoms with Crippen LogP contribution in [0.3, 0.4) is 0 Å². The molecule has 0 nitrogen and oxygen atoms in total. The van der Waals surface area contributed by atoms with Crippen molar-refractivity contribution in [3.8, 4) is 0 Å². The fourth-order valence-corrected chi connectivity index (χ4v) is 12.3. The lowest BCUT2D eigenvalue weighted by molar-refractivity contribution is 0.801. The Bertz CT molecular complexity index is 1140. The number of hydrogen-bond acceptors (Lipinski definition) is 0. The maximum absolute atomic E-state index is 2.55. The third-order valence-electron chi connectivity index (χ3n) is 7.27. The zero-order valence-corrected chi connectivity index (χ0v) is 22.5. The molecule has 0 saturated carbocycles. The van der Waals surface area contributed by atoms with E-state index in [-0.39, 0.29) is 0 Å². The van der Waals surface area contributed by atoms with Crippen molar-refractivity contribution < 1.29 is 0 Å². The molecule has 0 unspecified atom stereocenters. The molecular formula is C32H38Si. The lowest BCUT2D eigenvalue weighted by Gasteiger charge is -2.47. The summed E-state index contributed by atoms with van der Waals surface area (Å²) in [5, 5.41) is 6.51. The average Bonchev–Trinajstić information content (AvgIpc) is 2.74. The molecule has 0 aromatic heterocycles. The van der Waals surface area contributed by atoms with Gasteiger partial charge in [-0.2, -0.15) is 0 Å². The minimum atomic E-state index is -2.28. The van der Waals surface area contributed by atoms with Gasteiger partial charge in [0.2, 0.25) is 0 Å². The molecule has 0 radical (unpaired) electrons. The number of aryl methyl sites for hydroxylation is 6. The number of hydrogen-bond donors (Lipinski definition) is 0. The number of rotatable bonds is 6. The maximum Gasteiger partial charge on any atom is 0.176 e. The molecule has 170 valence electrons. The minimum Gasteiger partial charge on any atom is -0.0674 e. The van der Waals surface area contributed by atoms with Crippen LogP contribution < -0.4 is 10.4 Å². The minimum absolute atomic E-state index is 1.20. The van der Waals surface area contributed by atoms with E-state index in [2.05, 4.69) is 115 Å². The molecule has 0 bridgehead atoms. The second-order valence-corrected chi connectivity index (χ2v) is 13.8. The van der Waals surface area contributed by atoms with Gasteiger partial charge in [-0.25, -0.2) is 0 Å². The number of unbranched alkanes of at least 4 members (excludes halogenated alkanes) is 1. The molecule has 3 aromatic rings. The van der Waals surface area contributed by atoms with Gasteiger partial charge >= 0.3 is 0 Å². The fourth-order valence-electron chi connectivity index (χ4n) is 6.30. The maximum atomic E-state index is 2.55. The van der Waals surface area contributed by atoms with E-state index in [0.29, 0.717) is 0 Å². The van der Waals surface area contributed by atoms with Crippen LogP contribution in [-0.4, -0.2) is 8.07 Å². The second kappa shape index (κ2) is 9.31. The van der Waals surface area contributed by atoms with Crippen molar-refractivity contribution >= 4 is 24.5 Å². The van der Waals surface area contributed by atoms with Gasteiger partial charge in [-0.15, -0.1) is 0 Å². The molecule has 4 rings (SSSR count). The third kappa shape index (κ3) is 4.08. The zero-order chi connectivity index (χ0) is 23.8. The monoisotopic (exact) mass is 450 g/mol. The molecule has 0 aliphatic carbocycles. The summed E-state index contributed by atoms with van der Waals surface area (Å²) in [5.41, 5.74) is 9.86. The van der Waals surface area contributed by atoms with Crippen molar-refractivity contribution in [3.05, 3.63) is 110 Å². The smallest absolute Gasteiger partial charge is 0.0674 e. The lowest BCUT2D eigenvalue weighted by Crippen LogP contribution is -2.68. The van der Waals surface area contributed by atoms with E-state index in [1.807, 2.05) is 0 Å². The summed E-state index contributed by atoms with van der Waals surface area (Å²) in [7, 11) is -2.28. The SMILES string of the molecule is CCCCC1=C/C(=C/c2ccccc2)[Si]1(c1c(C)cc(C)cc1C)c1c(C)cc(C)cc1C. The highest BCUT2D eigenvalue weighted by molar-refractivity contribution is 7.16. The predicted octanol–water partition coefficient (Wildman–Crippen LogP) is 7.39. The van der Waals surface area contributed by atoms with E-state index in [1.54, 1.807) is 20.8 Å². The van der Waals surface area contributed by atoms with E-state index in [9.17, 15) is 0 Å². The fraction of sp³-hybridized carbons (Fsp3) is 0.312. The molecule has 0 atom stereocenters. The summed E-state index contributed by atoms with van der Waals surface area (Å²) in [4.78, 5) is 0. The van der Waals surface area contributed by atoms with Crippen LogP contribution in [0.15, 0.2) is 71.1 Å². The topological polar surface area (TPSA) is 0 Å². The number of benzene rings is 3. The van der Waals surface area contributed by atoms with Crippen molar-refractivity contribution in [1.29, 1.82) is 0 Å². The van der Waals surface area contributed by atoms with E-state index in [4.69, 9.17) is 0 Å². The van der Waals surface area contributed by atoms with Crippen LogP contribution in [0.5, 0.6) is 0 Å². The van der Waals surface area contributed by atoms with Crippen LogP contribution in [0.2, 0.25) is 0 Å². The summed E-state index contributed by atoms with van der Waals surface area (Å²) in [6, 6.07) is 20.5. The lowest BCUT2D eigenvalue weighted by atomic mass is 10.1. The van der Waals surface area contributed by atoms with Crippen LogP contribution in [-0.2, 0) is 0 Å². The standard InChI is InChI=1S/C32H38Si/c1-8-9-15-29-21-30(20-28-13-11-10-12-14-28)33(29,31-24(4)16-22(2)17-25(31)5)32-26(6)18-23(3)19-27(32)7/h10-14,16-21H,8-9,15H2,1-7H3/b30-20-. The Morgan fingerprint density at radius 3 is 1.64 bits per heavy atom. The van der Waals surface area contributed by atoms with Gasteiger partial charge in [-0.3, -0.25) is 0 Å². The van der Waals surface area contributed by atoms with Crippen molar-refractivity contribution in [2.75, 3.05) is 0 Å². The van der Waals surface area contributed by atoms with Gasteiger partial charge in [0.1, 0.15) is 0 Å². The Balaban J connectivity index is 2.12. The molecule has 1 heterocycles. The molecule has 0 fully saturated rings. The summed E-state index contributed by atoms with van der Waals surface area (Å²) in [6.07, 6.45) is 8.73. The summed E-state index contributed by atoms with van der Waals surface area (Å²) in [5.74, 6) is 0. The average molecular weight is 451 g/mol. The summed E-state index contributed by atoms with van der Waals surface area (Å²) < 4.78 is 0. The highest BCUT2D eigenvalue weighted by Crippen LogP contribution is 2.42. The van der Waals surface area contributed by atoms with Crippen molar-refractivity contribution in [2.24, 2.45) is 0 Å². The molecular weight excluding hydrogens is 412 g/mol. The highest BCUT2D eigenvalue weighted by atomic mass is 28.3.